The van der Waals surface area contributed by atoms with Gasteiger partial charge in [0.15, 0.2) is 0 Å². The molecule has 0 aliphatic carbocycles. The highest BCUT2D eigenvalue weighted by molar-refractivity contribution is 7.09. The van der Waals surface area contributed by atoms with E-state index in [0.29, 0.717) is 18.0 Å². The predicted molar refractivity (Wildman–Crippen MR) is 66.7 cm³/mol. The Bertz CT molecular complexity index is 294. The molecule has 0 saturated carbocycles. The molecule has 0 amide bonds. The Hall–Kier alpha value is -0.450. The molecular formula is C12H20N2OS. The van der Waals surface area contributed by atoms with Crippen molar-refractivity contribution in [2.45, 2.75) is 38.8 Å². The lowest BCUT2D eigenvalue weighted by Crippen LogP contribution is -2.35. The van der Waals surface area contributed by atoms with Crippen molar-refractivity contribution < 1.29 is 4.74 Å². The van der Waals surface area contributed by atoms with Crippen molar-refractivity contribution in [1.82, 2.24) is 10.3 Å². The van der Waals surface area contributed by atoms with Gasteiger partial charge in [-0.15, -0.1) is 11.3 Å². The van der Waals surface area contributed by atoms with Crippen molar-refractivity contribution in [3.05, 3.63) is 16.6 Å². The summed E-state index contributed by atoms with van der Waals surface area (Å²) >= 11 is 1.75. The van der Waals surface area contributed by atoms with Crippen molar-refractivity contribution in [2.75, 3.05) is 13.2 Å². The average molecular weight is 240 g/mol. The maximum absolute atomic E-state index is 5.43. The van der Waals surface area contributed by atoms with Crippen LogP contribution in [0.1, 0.15) is 37.7 Å². The molecule has 1 aliphatic heterocycles. The smallest absolute Gasteiger partial charge is 0.110 e. The van der Waals surface area contributed by atoms with Gasteiger partial charge < -0.3 is 10.1 Å². The first-order valence-corrected chi connectivity index (χ1v) is 6.88. The molecule has 1 N–H and O–H groups in total. The molecular weight excluding hydrogens is 220 g/mol. The lowest BCUT2D eigenvalue weighted by molar-refractivity contribution is 0.0524. The van der Waals surface area contributed by atoms with Gasteiger partial charge in [0.05, 0.1) is 6.04 Å². The van der Waals surface area contributed by atoms with E-state index in [1.54, 1.807) is 11.3 Å². The van der Waals surface area contributed by atoms with Crippen LogP contribution in [0, 0.1) is 5.92 Å². The molecule has 1 atom stereocenters. The first-order valence-electron chi connectivity index (χ1n) is 6.00. The zero-order valence-electron chi connectivity index (χ0n) is 9.98. The molecule has 1 unspecified atom stereocenters. The van der Waals surface area contributed by atoms with E-state index in [1.165, 1.54) is 5.01 Å². The Balaban J connectivity index is 2.07. The van der Waals surface area contributed by atoms with Crippen LogP contribution in [0.25, 0.3) is 0 Å². The van der Waals surface area contributed by atoms with Crippen LogP contribution >= 0.6 is 11.3 Å². The van der Waals surface area contributed by atoms with Crippen LogP contribution in [0.4, 0.5) is 0 Å². The zero-order chi connectivity index (χ0) is 11.4. The second kappa shape index (κ2) is 5.75. The number of thiazole rings is 1. The minimum absolute atomic E-state index is 0.406. The van der Waals surface area contributed by atoms with E-state index in [0.717, 1.165) is 26.1 Å². The standard InChI is InChI=1S/C12H20N2OS/c1-9(2)14-11(12-13-5-8-16-12)10-3-6-15-7-4-10/h5,8-11,14H,3-4,6-7H2,1-2H3. The summed E-state index contributed by atoms with van der Waals surface area (Å²) in [5.74, 6) is 0.669. The zero-order valence-corrected chi connectivity index (χ0v) is 10.8. The fourth-order valence-electron chi connectivity index (χ4n) is 2.21. The van der Waals surface area contributed by atoms with E-state index >= 15 is 0 Å². The quantitative estimate of drug-likeness (QED) is 0.878. The minimum Gasteiger partial charge on any atom is -0.381 e. The molecule has 0 spiro atoms. The lowest BCUT2D eigenvalue weighted by atomic mass is 9.91. The number of aromatic nitrogens is 1. The monoisotopic (exact) mass is 240 g/mol. The Morgan fingerprint density at radius 1 is 1.44 bits per heavy atom. The molecule has 16 heavy (non-hydrogen) atoms. The van der Waals surface area contributed by atoms with Crippen molar-refractivity contribution in [3.63, 3.8) is 0 Å². The summed E-state index contributed by atoms with van der Waals surface area (Å²) in [6, 6.07) is 0.903. The Kier molecular flexibility index (Phi) is 4.32. The molecule has 2 rings (SSSR count). The summed E-state index contributed by atoms with van der Waals surface area (Å²) in [5, 5.41) is 6.93. The van der Waals surface area contributed by atoms with Gasteiger partial charge in [-0.1, -0.05) is 13.8 Å². The molecule has 4 heteroatoms. The fourth-order valence-corrected chi connectivity index (χ4v) is 3.00. The summed E-state index contributed by atoms with van der Waals surface area (Å²) in [6.07, 6.45) is 4.18. The Morgan fingerprint density at radius 3 is 2.75 bits per heavy atom. The molecule has 0 aromatic carbocycles. The predicted octanol–water partition coefficient (Wildman–Crippen LogP) is 2.61. The number of hydrogen-bond donors (Lipinski definition) is 1. The number of ether oxygens (including phenoxy) is 1. The summed E-state index contributed by atoms with van der Waals surface area (Å²) < 4.78 is 5.43. The van der Waals surface area contributed by atoms with Crippen molar-refractivity contribution in [2.24, 2.45) is 5.92 Å². The maximum Gasteiger partial charge on any atom is 0.110 e. The SMILES string of the molecule is CC(C)NC(c1nccs1)C1CCOCC1. The van der Waals surface area contributed by atoms with Gasteiger partial charge in [0, 0.05) is 30.8 Å². The molecule has 3 nitrogen and oxygen atoms in total. The van der Waals surface area contributed by atoms with Crippen LogP contribution in [0.2, 0.25) is 0 Å². The lowest BCUT2D eigenvalue weighted by Gasteiger charge is -2.31. The first kappa shape index (κ1) is 12.0. The molecule has 1 aromatic rings. The first-order chi connectivity index (χ1) is 7.77. The van der Waals surface area contributed by atoms with Crippen LogP contribution in [-0.4, -0.2) is 24.2 Å². The third-order valence-electron chi connectivity index (χ3n) is 2.97. The second-order valence-corrected chi connectivity index (χ2v) is 5.55. The van der Waals surface area contributed by atoms with E-state index in [1.807, 2.05) is 6.20 Å². The average Bonchev–Trinajstić information content (AvgIpc) is 2.80. The van der Waals surface area contributed by atoms with Gasteiger partial charge in [0.25, 0.3) is 0 Å². The maximum atomic E-state index is 5.43. The van der Waals surface area contributed by atoms with Gasteiger partial charge in [-0.2, -0.15) is 0 Å². The third-order valence-corrected chi connectivity index (χ3v) is 3.83. The van der Waals surface area contributed by atoms with Gasteiger partial charge in [0.2, 0.25) is 0 Å². The van der Waals surface area contributed by atoms with E-state index in [-0.39, 0.29) is 0 Å². The fraction of sp³-hybridized carbons (Fsp3) is 0.750. The van der Waals surface area contributed by atoms with Gasteiger partial charge in [-0.05, 0) is 18.8 Å². The van der Waals surface area contributed by atoms with Gasteiger partial charge in [-0.25, -0.2) is 4.98 Å². The highest BCUT2D eigenvalue weighted by atomic mass is 32.1. The van der Waals surface area contributed by atoms with Crippen LogP contribution in [0.5, 0.6) is 0 Å². The number of nitrogens with one attached hydrogen (secondary N) is 1. The van der Waals surface area contributed by atoms with Crippen molar-refractivity contribution in [3.8, 4) is 0 Å². The summed E-state index contributed by atoms with van der Waals surface area (Å²) in [6.45, 7) is 6.18. The number of nitrogens with zero attached hydrogens (tertiary/aromatic N) is 1. The molecule has 1 aliphatic rings. The molecule has 1 saturated heterocycles. The van der Waals surface area contributed by atoms with Gasteiger partial charge in [0.1, 0.15) is 5.01 Å². The van der Waals surface area contributed by atoms with E-state index in [4.69, 9.17) is 4.74 Å². The minimum atomic E-state index is 0.406. The molecule has 90 valence electrons. The van der Waals surface area contributed by atoms with Crippen molar-refractivity contribution in [1.29, 1.82) is 0 Å². The highest BCUT2D eigenvalue weighted by Gasteiger charge is 2.27. The number of rotatable bonds is 4. The van der Waals surface area contributed by atoms with E-state index in [9.17, 15) is 0 Å². The number of hydrogen-bond acceptors (Lipinski definition) is 4. The molecule has 0 bridgehead atoms. The van der Waals surface area contributed by atoms with Crippen LogP contribution in [0.15, 0.2) is 11.6 Å². The Morgan fingerprint density at radius 2 is 2.19 bits per heavy atom. The summed E-state index contributed by atoms with van der Waals surface area (Å²) in [7, 11) is 0. The summed E-state index contributed by atoms with van der Waals surface area (Å²) in [4.78, 5) is 4.46. The van der Waals surface area contributed by atoms with E-state index < -0.39 is 0 Å². The van der Waals surface area contributed by atoms with E-state index in [2.05, 4.69) is 29.5 Å². The summed E-state index contributed by atoms with van der Waals surface area (Å²) in [5.41, 5.74) is 0. The molecule has 1 aromatic heterocycles. The largest absolute Gasteiger partial charge is 0.381 e. The van der Waals surface area contributed by atoms with Gasteiger partial charge >= 0.3 is 0 Å². The third kappa shape index (κ3) is 3.03. The molecule has 2 heterocycles. The Labute approximate surface area is 101 Å². The van der Waals surface area contributed by atoms with Crippen LogP contribution < -0.4 is 5.32 Å². The second-order valence-electron chi connectivity index (χ2n) is 4.62. The molecule has 1 fully saturated rings. The molecule has 0 radical (unpaired) electrons. The highest BCUT2D eigenvalue weighted by Crippen LogP contribution is 2.31. The van der Waals surface area contributed by atoms with Crippen LogP contribution in [-0.2, 0) is 4.74 Å². The van der Waals surface area contributed by atoms with Gasteiger partial charge in [-0.3, -0.25) is 0 Å². The van der Waals surface area contributed by atoms with Crippen molar-refractivity contribution >= 4 is 11.3 Å². The normalized spacial score (nSPS) is 20.2. The topological polar surface area (TPSA) is 34.2 Å². The van der Waals surface area contributed by atoms with Crippen LogP contribution in [0.3, 0.4) is 0 Å².